The van der Waals surface area contributed by atoms with E-state index in [0.29, 0.717) is 6.04 Å². The van der Waals surface area contributed by atoms with Crippen molar-refractivity contribution >= 4 is 11.7 Å². The number of hydrogen-bond acceptors (Lipinski definition) is 2. The van der Waals surface area contributed by atoms with Gasteiger partial charge in [0.05, 0.1) is 5.69 Å². The molecule has 1 aliphatic rings. The van der Waals surface area contributed by atoms with E-state index in [4.69, 9.17) is 0 Å². The smallest absolute Gasteiger partial charge is 0.319 e. The fourth-order valence-corrected chi connectivity index (χ4v) is 2.20. The van der Waals surface area contributed by atoms with Gasteiger partial charge in [0.25, 0.3) is 0 Å². The third kappa shape index (κ3) is 3.89. The van der Waals surface area contributed by atoms with Gasteiger partial charge in [-0.3, -0.25) is 0 Å². The van der Waals surface area contributed by atoms with E-state index in [-0.39, 0.29) is 11.7 Å². The number of carbonyl (C=O) groups is 1. The van der Waals surface area contributed by atoms with Gasteiger partial charge in [-0.2, -0.15) is 0 Å². The zero-order valence-electron chi connectivity index (χ0n) is 10.7. The van der Waals surface area contributed by atoms with Crippen LogP contribution in [-0.2, 0) is 0 Å². The summed E-state index contributed by atoms with van der Waals surface area (Å²) >= 11 is 0. The molecule has 1 fully saturated rings. The van der Waals surface area contributed by atoms with E-state index in [2.05, 4.69) is 16.0 Å². The molecule has 2 amide bonds. The first-order valence-electron chi connectivity index (χ1n) is 6.30. The van der Waals surface area contributed by atoms with Crippen LogP contribution < -0.4 is 16.0 Å². The molecule has 0 saturated carbocycles. The minimum atomic E-state index is -0.783. The van der Waals surface area contributed by atoms with Crippen LogP contribution in [0.1, 0.15) is 19.8 Å². The summed E-state index contributed by atoms with van der Waals surface area (Å²) in [4.78, 5) is 11.7. The first kappa shape index (κ1) is 13.7. The largest absolute Gasteiger partial charge is 0.335 e. The fraction of sp³-hybridized carbons (Fsp3) is 0.462. The number of carbonyl (C=O) groups excluding carboxylic acids is 1. The highest BCUT2D eigenvalue weighted by atomic mass is 19.1. The number of urea groups is 1. The third-order valence-corrected chi connectivity index (χ3v) is 3.14. The van der Waals surface area contributed by atoms with Gasteiger partial charge < -0.3 is 16.0 Å². The molecule has 1 aromatic carbocycles. The molecule has 0 radical (unpaired) electrons. The normalized spacial score (nSPS) is 22.9. The zero-order valence-corrected chi connectivity index (χ0v) is 10.7. The number of benzene rings is 1. The van der Waals surface area contributed by atoms with Crippen LogP contribution in [0.25, 0.3) is 0 Å². The van der Waals surface area contributed by atoms with Crippen molar-refractivity contribution in [2.24, 2.45) is 0 Å². The number of amides is 2. The quantitative estimate of drug-likeness (QED) is 0.771. The topological polar surface area (TPSA) is 53.2 Å². The second kappa shape index (κ2) is 5.97. The van der Waals surface area contributed by atoms with E-state index in [1.807, 2.05) is 6.92 Å². The number of halogens is 2. The molecule has 3 N–H and O–H groups in total. The SMILES string of the molecule is CC1CC(NC(=O)Nc2ccc(F)cc2F)CCN1. The highest BCUT2D eigenvalue weighted by Crippen LogP contribution is 2.15. The number of hydrogen-bond donors (Lipinski definition) is 3. The lowest BCUT2D eigenvalue weighted by atomic mass is 10.0. The second-order valence-corrected chi connectivity index (χ2v) is 4.80. The van der Waals surface area contributed by atoms with Gasteiger partial charge >= 0.3 is 6.03 Å². The van der Waals surface area contributed by atoms with E-state index in [9.17, 15) is 13.6 Å². The summed E-state index contributed by atoms with van der Waals surface area (Å²) in [6.45, 7) is 2.89. The van der Waals surface area contributed by atoms with Gasteiger partial charge in [0.15, 0.2) is 0 Å². The van der Waals surface area contributed by atoms with Crippen molar-refractivity contribution in [1.82, 2.24) is 10.6 Å². The van der Waals surface area contributed by atoms with Gasteiger partial charge in [0.2, 0.25) is 0 Å². The Bertz CT molecular complexity index is 467. The molecule has 0 bridgehead atoms. The lowest BCUT2D eigenvalue weighted by Gasteiger charge is -2.28. The van der Waals surface area contributed by atoms with Crippen LogP contribution in [0.2, 0.25) is 0 Å². The minimum absolute atomic E-state index is 0.0270. The van der Waals surface area contributed by atoms with Crippen LogP contribution >= 0.6 is 0 Å². The van der Waals surface area contributed by atoms with Gasteiger partial charge in [0, 0.05) is 18.2 Å². The van der Waals surface area contributed by atoms with Gasteiger partial charge in [-0.1, -0.05) is 0 Å². The first-order valence-corrected chi connectivity index (χ1v) is 6.30. The van der Waals surface area contributed by atoms with E-state index < -0.39 is 17.7 Å². The lowest BCUT2D eigenvalue weighted by molar-refractivity contribution is 0.242. The summed E-state index contributed by atoms with van der Waals surface area (Å²) < 4.78 is 26.1. The van der Waals surface area contributed by atoms with Crippen LogP contribution in [0.4, 0.5) is 19.3 Å². The Hall–Kier alpha value is -1.69. The maximum absolute atomic E-state index is 13.4. The molecule has 6 heteroatoms. The average Bonchev–Trinajstić information content (AvgIpc) is 2.33. The summed E-state index contributed by atoms with van der Waals surface area (Å²) in [6.07, 6.45) is 1.67. The predicted molar refractivity (Wildman–Crippen MR) is 69.0 cm³/mol. The Morgan fingerprint density at radius 2 is 2.21 bits per heavy atom. The minimum Gasteiger partial charge on any atom is -0.335 e. The Balaban J connectivity index is 1.90. The summed E-state index contributed by atoms with van der Waals surface area (Å²) in [6, 6.07) is 2.99. The van der Waals surface area contributed by atoms with Crippen LogP contribution in [0, 0.1) is 11.6 Å². The summed E-state index contributed by atoms with van der Waals surface area (Å²) in [5.74, 6) is -1.45. The molecule has 4 nitrogen and oxygen atoms in total. The summed E-state index contributed by atoms with van der Waals surface area (Å²) in [5, 5.41) is 8.45. The van der Waals surface area contributed by atoms with Crippen LogP contribution in [-0.4, -0.2) is 24.7 Å². The molecule has 19 heavy (non-hydrogen) atoms. The molecule has 1 heterocycles. The maximum Gasteiger partial charge on any atom is 0.319 e. The Kier molecular flexibility index (Phi) is 4.31. The molecule has 1 saturated heterocycles. The van der Waals surface area contributed by atoms with Crippen molar-refractivity contribution in [2.45, 2.75) is 31.8 Å². The standard InChI is InChI=1S/C13H17F2N3O/c1-8-6-10(4-5-16-8)17-13(19)18-12-3-2-9(14)7-11(12)15/h2-3,7-8,10,16H,4-6H2,1H3,(H2,17,18,19). The van der Waals surface area contributed by atoms with Crippen molar-refractivity contribution in [3.8, 4) is 0 Å². The number of nitrogens with one attached hydrogen (secondary N) is 3. The van der Waals surface area contributed by atoms with Crippen molar-refractivity contribution < 1.29 is 13.6 Å². The van der Waals surface area contributed by atoms with Crippen molar-refractivity contribution in [2.75, 3.05) is 11.9 Å². The Morgan fingerprint density at radius 3 is 2.89 bits per heavy atom. The zero-order chi connectivity index (χ0) is 13.8. The lowest BCUT2D eigenvalue weighted by Crippen LogP contribution is -2.47. The molecule has 104 valence electrons. The highest BCUT2D eigenvalue weighted by molar-refractivity contribution is 5.89. The molecular weight excluding hydrogens is 252 g/mol. The molecule has 2 rings (SSSR count). The molecule has 0 spiro atoms. The number of piperidine rings is 1. The predicted octanol–water partition coefficient (Wildman–Crippen LogP) is 2.23. The van der Waals surface area contributed by atoms with Crippen molar-refractivity contribution in [1.29, 1.82) is 0 Å². The Morgan fingerprint density at radius 1 is 1.42 bits per heavy atom. The van der Waals surface area contributed by atoms with Gasteiger partial charge in [-0.25, -0.2) is 13.6 Å². The second-order valence-electron chi connectivity index (χ2n) is 4.80. The van der Waals surface area contributed by atoms with E-state index in [1.54, 1.807) is 0 Å². The molecule has 0 aliphatic carbocycles. The molecule has 1 aliphatic heterocycles. The van der Waals surface area contributed by atoms with E-state index in [1.165, 1.54) is 6.07 Å². The molecular formula is C13H17F2N3O. The number of rotatable bonds is 2. The molecule has 0 aromatic heterocycles. The van der Waals surface area contributed by atoms with Gasteiger partial charge in [-0.15, -0.1) is 0 Å². The molecule has 2 atom stereocenters. The maximum atomic E-state index is 13.4. The summed E-state index contributed by atoms with van der Waals surface area (Å²) in [7, 11) is 0. The van der Waals surface area contributed by atoms with E-state index >= 15 is 0 Å². The van der Waals surface area contributed by atoms with Crippen molar-refractivity contribution in [3.63, 3.8) is 0 Å². The first-order chi connectivity index (χ1) is 9.04. The molecule has 1 aromatic rings. The number of anilines is 1. The fourth-order valence-electron chi connectivity index (χ4n) is 2.20. The van der Waals surface area contributed by atoms with Gasteiger partial charge in [-0.05, 0) is 38.4 Å². The van der Waals surface area contributed by atoms with Crippen LogP contribution in [0.5, 0.6) is 0 Å². The van der Waals surface area contributed by atoms with Crippen LogP contribution in [0.3, 0.4) is 0 Å². The highest BCUT2D eigenvalue weighted by Gasteiger charge is 2.20. The van der Waals surface area contributed by atoms with Crippen LogP contribution in [0.15, 0.2) is 18.2 Å². The summed E-state index contributed by atoms with van der Waals surface area (Å²) in [5.41, 5.74) is -0.0270. The van der Waals surface area contributed by atoms with Crippen molar-refractivity contribution in [3.05, 3.63) is 29.8 Å². The Labute approximate surface area is 110 Å². The monoisotopic (exact) mass is 269 g/mol. The average molecular weight is 269 g/mol. The third-order valence-electron chi connectivity index (χ3n) is 3.14. The van der Waals surface area contributed by atoms with Gasteiger partial charge in [0.1, 0.15) is 11.6 Å². The van der Waals surface area contributed by atoms with E-state index in [0.717, 1.165) is 31.5 Å². The molecule has 2 unspecified atom stereocenters.